The molecule has 2 atom stereocenters. The molecule has 74 valence electrons. The second-order valence-electron chi connectivity index (χ2n) is 3.15. The summed E-state index contributed by atoms with van der Waals surface area (Å²) in [5.74, 6) is 0. The summed E-state index contributed by atoms with van der Waals surface area (Å²) in [7, 11) is 1.70. The van der Waals surface area contributed by atoms with Crippen LogP contribution in [0.15, 0.2) is 0 Å². The molecule has 0 radical (unpaired) electrons. The minimum absolute atomic E-state index is 0.213. The van der Waals surface area contributed by atoms with Gasteiger partial charge in [0.15, 0.2) is 0 Å². The smallest absolute Gasteiger partial charge is 0.0662 e. The molecule has 0 amide bonds. The first-order valence-corrected chi connectivity index (χ1v) is 4.61. The Balaban J connectivity index is 3.24. The van der Waals surface area contributed by atoms with Gasteiger partial charge in [0, 0.05) is 26.3 Å². The molecule has 3 heteroatoms. The molecule has 2 N–H and O–H groups in total. The Morgan fingerprint density at radius 1 is 1.50 bits per heavy atom. The van der Waals surface area contributed by atoms with Crippen molar-refractivity contribution in [3.05, 3.63) is 0 Å². The average molecular weight is 175 g/mol. The lowest BCUT2D eigenvalue weighted by Crippen LogP contribution is -2.34. The van der Waals surface area contributed by atoms with Crippen molar-refractivity contribution >= 4 is 0 Å². The van der Waals surface area contributed by atoms with Crippen molar-refractivity contribution in [1.29, 1.82) is 0 Å². The van der Waals surface area contributed by atoms with E-state index in [1.54, 1.807) is 7.11 Å². The summed E-state index contributed by atoms with van der Waals surface area (Å²) in [6.07, 6.45) is 1.59. The minimum atomic E-state index is -0.213. The maximum atomic E-state index is 9.24. The molecule has 0 aromatic rings. The molecule has 0 rings (SSSR count). The van der Waals surface area contributed by atoms with Crippen molar-refractivity contribution < 1.29 is 9.84 Å². The molecule has 0 aliphatic rings. The number of nitrogens with one attached hydrogen (secondary N) is 1. The molecule has 0 aromatic heterocycles. The maximum Gasteiger partial charge on any atom is 0.0662 e. The standard InChI is InChI=1S/C9H21NO2/c1-4-9(11)7-10-8(2)5-6-12-3/h8-11H,4-7H2,1-3H3. The van der Waals surface area contributed by atoms with E-state index in [0.29, 0.717) is 12.6 Å². The zero-order valence-electron chi connectivity index (χ0n) is 8.34. The van der Waals surface area contributed by atoms with E-state index in [4.69, 9.17) is 4.74 Å². The molecule has 0 spiro atoms. The first kappa shape index (κ1) is 11.9. The third kappa shape index (κ3) is 6.58. The van der Waals surface area contributed by atoms with E-state index < -0.39 is 0 Å². The zero-order chi connectivity index (χ0) is 9.40. The van der Waals surface area contributed by atoms with E-state index in [0.717, 1.165) is 19.4 Å². The van der Waals surface area contributed by atoms with Crippen molar-refractivity contribution in [2.75, 3.05) is 20.3 Å². The Bertz CT molecular complexity index is 98.5. The van der Waals surface area contributed by atoms with Crippen molar-refractivity contribution in [2.24, 2.45) is 0 Å². The Kier molecular flexibility index (Phi) is 7.45. The Morgan fingerprint density at radius 3 is 2.67 bits per heavy atom. The topological polar surface area (TPSA) is 41.5 Å². The van der Waals surface area contributed by atoms with Crippen LogP contribution in [-0.4, -0.2) is 37.5 Å². The van der Waals surface area contributed by atoms with Crippen LogP contribution in [0.25, 0.3) is 0 Å². The number of hydrogen-bond acceptors (Lipinski definition) is 3. The molecule has 2 unspecified atom stereocenters. The third-order valence-electron chi connectivity index (χ3n) is 1.93. The summed E-state index contributed by atoms with van der Waals surface area (Å²) in [6.45, 7) is 5.53. The maximum absolute atomic E-state index is 9.24. The predicted octanol–water partition coefficient (Wildman–Crippen LogP) is 0.772. The lowest BCUT2D eigenvalue weighted by atomic mass is 10.2. The second-order valence-corrected chi connectivity index (χ2v) is 3.15. The fourth-order valence-electron chi connectivity index (χ4n) is 0.878. The summed E-state index contributed by atoms with van der Waals surface area (Å²) in [4.78, 5) is 0. The molecule has 0 aliphatic carbocycles. The van der Waals surface area contributed by atoms with E-state index in [1.165, 1.54) is 0 Å². The number of hydrogen-bond donors (Lipinski definition) is 2. The number of methoxy groups -OCH3 is 1. The molecule has 0 aromatic carbocycles. The fraction of sp³-hybridized carbons (Fsp3) is 1.00. The van der Waals surface area contributed by atoms with E-state index in [9.17, 15) is 5.11 Å². The van der Waals surface area contributed by atoms with Gasteiger partial charge in [-0.1, -0.05) is 6.92 Å². The Labute approximate surface area is 75.1 Å². The molecule has 0 fully saturated rings. The van der Waals surface area contributed by atoms with Gasteiger partial charge >= 0.3 is 0 Å². The van der Waals surface area contributed by atoms with Gasteiger partial charge in [0.05, 0.1) is 6.10 Å². The quantitative estimate of drug-likeness (QED) is 0.600. The first-order valence-electron chi connectivity index (χ1n) is 4.61. The van der Waals surface area contributed by atoms with Gasteiger partial charge in [0.2, 0.25) is 0 Å². The number of aliphatic hydroxyl groups is 1. The second kappa shape index (κ2) is 7.53. The van der Waals surface area contributed by atoms with Gasteiger partial charge in [-0.05, 0) is 19.8 Å². The molecular formula is C9H21NO2. The summed E-state index contributed by atoms with van der Waals surface area (Å²) >= 11 is 0. The zero-order valence-corrected chi connectivity index (χ0v) is 8.34. The molecule has 0 saturated carbocycles. The normalized spacial score (nSPS) is 16.0. The number of aliphatic hydroxyl groups excluding tert-OH is 1. The van der Waals surface area contributed by atoms with Crippen molar-refractivity contribution in [2.45, 2.75) is 38.8 Å². The largest absolute Gasteiger partial charge is 0.392 e. The highest BCUT2D eigenvalue weighted by Gasteiger charge is 2.03. The molecule has 12 heavy (non-hydrogen) atoms. The van der Waals surface area contributed by atoms with Gasteiger partial charge in [-0.2, -0.15) is 0 Å². The monoisotopic (exact) mass is 175 g/mol. The van der Waals surface area contributed by atoms with Crippen LogP contribution in [0.4, 0.5) is 0 Å². The number of ether oxygens (including phenoxy) is 1. The SMILES string of the molecule is CCC(O)CNC(C)CCOC. The highest BCUT2D eigenvalue weighted by molar-refractivity contribution is 4.63. The average Bonchev–Trinajstić information content (AvgIpc) is 2.10. The molecular weight excluding hydrogens is 154 g/mol. The highest BCUT2D eigenvalue weighted by atomic mass is 16.5. The van der Waals surface area contributed by atoms with Gasteiger partial charge in [-0.25, -0.2) is 0 Å². The van der Waals surface area contributed by atoms with Gasteiger partial charge in [0.25, 0.3) is 0 Å². The van der Waals surface area contributed by atoms with E-state index in [-0.39, 0.29) is 6.10 Å². The summed E-state index contributed by atoms with van der Waals surface area (Å²) in [5, 5.41) is 12.5. The van der Waals surface area contributed by atoms with Crippen molar-refractivity contribution in [1.82, 2.24) is 5.32 Å². The Hall–Kier alpha value is -0.120. The van der Waals surface area contributed by atoms with E-state index >= 15 is 0 Å². The summed E-state index contributed by atoms with van der Waals surface area (Å²) in [5.41, 5.74) is 0. The van der Waals surface area contributed by atoms with Crippen LogP contribution in [0.5, 0.6) is 0 Å². The molecule has 0 bridgehead atoms. The van der Waals surface area contributed by atoms with Crippen LogP contribution in [0.1, 0.15) is 26.7 Å². The molecule has 3 nitrogen and oxygen atoms in total. The van der Waals surface area contributed by atoms with Gasteiger partial charge in [-0.15, -0.1) is 0 Å². The third-order valence-corrected chi connectivity index (χ3v) is 1.93. The summed E-state index contributed by atoms with van der Waals surface area (Å²) < 4.78 is 4.94. The van der Waals surface area contributed by atoms with E-state index in [2.05, 4.69) is 12.2 Å². The van der Waals surface area contributed by atoms with Crippen LogP contribution in [-0.2, 0) is 4.74 Å². The van der Waals surface area contributed by atoms with Crippen LogP contribution in [0.2, 0.25) is 0 Å². The number of rotatable bonds is 7. The highest BCUT2D eigenvalue weighted by Crippen LogP contribution is 1.93. The van der Waals surface area contributed by atoms with E-state index in [1.807, 2.05) is 6.92 Å². The van der Waals surface area contributed by atoms with Gasteiger partial charge in [-0.3, -0.25) is 0 Å². The predicted molar refractivity (Wildman–Crippen MR) is 50.3 cm³/mol. The fourth-order valence-corrected chi connectivity index (χ4v) is 0.878. The van der Waals surface area contributed by atoms with Crippen LogP contribution >= 0.6 is 0 Å². The van der Waals surface area contributed by atoms with Gasteiger partial charge in [0.1, 0.15) is 0 Å². The van der Waals surface area contributed by atoms with Crippen LogP contribution in [0, 0.1) is 0 Å². The lowest BCUT2D eigenvalue weighted by Gasteiger charge is -2.15. The summed E-state index contributed by atoms with van der Waals surface area (Å²) in [6, 6.07) is 0.422. The molecule has 0 saturated heterocycles. The van der Waals surface area contributed by atoms with Gasteiger partial charge < -0.3 is 15.2 Å². The lowest BCUT2D eigenvalue weighted by molar-refractivity contribution is 0.154. The van der Waals surface area contributed by atoms with Crippen LogP contribution < -0.4 is 5.32 Å². The van der Waals surface area contributed by atoms with Crippen LogP contribution in [0.3, 0.4) is 0 Å². The Morgan fingerprint density at radius 2 is 2.17 bits per heavy atom. The minimum Gasteiger partial charge on any atom is -0.392 e. The van der Waals surface area contributed by atoms with Crippen molar-refractivity contribution in [3.63, 3.8) is 0 Å². The first-order chi connectivity index (χ1) is 5.70. The van der Waals surface area contributed by atoms with Crippen molar-refractivity contribution in [3.8, 4) is 0 Å². The molecule has 0 aliphatic heterocycles. The molecule has 0 heterocycles.